The first-order valence-electron chi connectivity index (χ1n) is 13.2. The lowest BCUT2D eigenvalue weighted by atomic mass is 10.00. The summed E-state index contributed by atoms with van der Waals surface area (Å²) in [7, 11) is 1.60. The number of nitrogens with zero attached hydrogens (tertiary/aromatic N) is 4. The maximum absolute atomic E-state index is 13.2. The predicted octanol–water partition coefficient (Wildman–Crippen LogP) is 4.05. The minimum atomic E-state index is -0.0306. The van der Waals surface area contributed by atoms with Crippen LogP contribution in [0.4, 0.5) is 0 Å². The maximum Gasteiger partial charge on any atom is 0.274 e. The van der Waals surface area contributed by atoms with E-state index < -0.39 is 0 Å². The monoisotopic (exact) mass is 501 g/mol. The van der Waals surface area contributed by atoms with Crippen LogP contribution in [0.5, 0.6) is 11.6 Å². The summed E-state index contributed by atoms with van der Waals surface area (Å²) in [6, 6.07) is 10.2. The smallest absolute Gasteiger partial charge is 0.274 e. The van der Waals surface area contributed by atoms with Gasteiger partial charge in [-0.15, -0.1) is 0 Å². The number of H-pyrrole nitrogens is 1. The Labute approximate surface area is 214 Å². The minimum absolute atomic E-state index is 0.0230. The largest absolute Gasteiger partial charge is 0.487 e. The summed E-state index contributed by atoms with van der Waals surface area (Å²) in [6.07, 6.45) is 4.17. The zero-order valence-corrected chi connectivity index (χ0v) is 21.2. The van der Waals surface area contributed by atoms with Gasteiger partial charge in [0.25, 0.3) is 5.56 Å². The van der Waals surface area contributed by atoms with Crippen molar-refractivity contribution in [3.05, 3.63) is 46.2 Å². The Bertz CT molecular complexity index is 1550. The number of nitrogens with one attached hydrogen (secondary N) is 1. The van der Waals surface area contributed by atoms with Crippen molar-refractivity contribution >= 4 is 21.9 Å². The Kier molecular flexibility index (Phi) is 5.44. The van der Waals surface area contributed by atoms with E-state index in [2.05, 4.69) is 29.1 Å². The molecule has 2 aromatic heterocycles. The van der Waals surface area contributed by atoms with Gasteiger partial charge >= 0.3 is 0 Å². The third kappa shape index (κ3) is 3.79. The molecule has 1 N–H and O–H groups in total. The van der Waals surface area contributed by atoms with Gasteiger partial charge in [0.1, 0.15) is 23.1 Å². The van der Waals surface area contributed by atoms with Crippen LogP contribution in [0.25, 0.3) is 33.2 Å². The first kappa shape index (κ1) is 22.7. The molecular weight excluding hydrogens is 470 g/mol. The number of ether oxygens (including phenoxy) is 3. The molecule has 2 aromatic carbocycles. The topological polar surface area (TPSA) is 94.5 Å². The number of aromatic nitrogens is 4. The van der Waals surface area contributed by atoms with Gasteiger partial charge in [0.15, 0.2) is 0 Å². The standard InChI is InChI=1S/C28H31N5O4/c1-16-12-18-15-32(16)9-10-33-28(34)20-7-5-6-19(24(20)31-33)25-27(35-2)29-21-13-17(22-8-3-4-11-36-22)14-23(37-18)26(21)30-25/h5-7,13-14,16,18,22,31H,3-4,8-12,15H2,1-2H3/t16-,18?,22?/m1/s1. The number of benzene rings is 2. The van der Waals surface area contributed by atoms with Gasteiger partial charge in [-0.05, 0) is 49.9 Å². The first-order chi connectivity index (χ1) is 18.1. The Balaban J connectivity index is 1.49. The first-order valence-corrected chi connectivity index (χ1v) is 13.2. The van der Waals surface area contributed by atoms with Gasteiger partial charge in [-0.2, -0.15) is 0 Å². The third-order valence-electron chi connectivity index (χ3n) is 8.08. The van der Waals surface area contributed by atoms with Gasteiger partial charge in [-0.25, -0.2) is 9.97 Å². The van der Waals surface area contributed by atoms with Crippen LogP contribution in [0.1, 0.15) is 44.3 Å². The number of methoxy groups -OCH3 is 1. The second-order valence-corrected chi connectivity index (χ2v) is 10.4. The fraction of sp³-hybridized carbons (Fsp3) is 0.464. The molecule has 6 bridgehead atoms. The van der Waals surface area contributed by atoms with Gasteiger partial charge < -0.3 is 14.2 Å². The molecule has 9 heteroatoms. The van der Waals surface area contributed by atoms with Crippen molar-refractivity contribution in [2.45, 2.75) is 57.4 Å². The highest BCUT2D eigenvalue weighted by atomic mass is 16.5. The molecule has 192 valence electrons. The van der Waals surface area contributed by atoms with E-state index in [1.165, 1.54) is 0 Å². The van der Waals surface area contributed by atoms with Gasteiger partial charge in [-0.3, -0.25) is 19.5 Å². The molecule has 5 heterocycles. The molecule has 4 aromatic rings. The van der Waals surface area contributed by atoms with Gasteiger partial charge in [0.2, 0.25) is 5.88 Å². The van der Waals surface area contributed by atoms with E-state index in [0.29, 0.717) is 35.1 Å². The number of hydrogen-bond acceptors (Lipinski definition) is 7. The zero-order chi connectivity index (χ0) is 25.1. The lowest BCUT2D eigenvalue weighted by Crippen LogP contribution is -2.33. The molecule has 0 saturated carbocycles. The Morgan fingerprint density at radius 3 is 2.92 bits per heavy atom. The summed E-state index contributed by atoms with van der Waals surface area (Å²) < 4.78 is 20.3. The van der Waals surface area contributed by atoms with Crippen molar-refractivity contribution in [3.63, 3.8) is 0 Å². The SMILES string of the molecule is COc1nc2cc(C3CCCCO3)cc3c2nc1-c1cccc2c(=O)n([nH]c12)CCN1CC(C[C@H]1C)O3. The molecule has 0 amide bonds. The summed E-state index contributed by atoms with van der Waals surface area (Å²) in [5, 5.41) is 3.98. The van der Waals surface area contributed by atoms with Crippen LogP contribution in [0.15, 0.2) is 35.1 Å². The van der Waals surface area contributed by atoms with E-state index >= 15 is 0 Å². The zero-order valence-electron chi connectivity index (χ0n) is 21.2. The van der Waals surface area contributed by atoms with E-state index in [1.807, 2.05) is 18.2 Å². The molecule has 0 aliphatic carbocycles. The van der Waals surface area contributed by atoms with Crippen molar-refractivity contribution in [1.29, 1.82) is 0 Å². The highest BCUT2D eigenvalue weighted by Gasteiger charge is 2.32. The van der Waals surface area contributed by atoms with Crippen LogP contribution in [0, 0.1) is 0 Å². The van der Waals surface area contributed by atoms with Gasteiger partial charge in [0, 0.05) is 37.7 Å². The molecular formula is C28H31N5O4. The van der Waals surface area contributed by atoms with E-state index in [9.17, 15) is 4.79 Å². The van der Waals surface area contributed by atoms with Gasteiger partial charge in [-0.1, -0.05) is 12.1 Å². The fourth-order valence-electron chi connectivity index (χ4n) is 6.12. The van der Waals surface area contributed by atoms with Crippen LogP contribution in [0.3, 0.4) is 0 Å². The summed E-state index contributed by atoms with van der Waals surface area (Å²) in [5.74, 6) is 1.14. The Morgan fingerprint density at radius 1 is 1.16 bits per heavy atom. The Hall–Kier alpha value is -3.43. The van der Waals surface area contributed by atoms with Gasteiger partial charge in [0.05, 0.1) is 36.2 Å². The van der Waals surface area contributed by atoms with Crippen LogP contribution in [-0.2, 0) is 11.3 Å². The molecule has 4 atom stereocenters. The van der Waals surface area contributed by atoms with Crippen molar-refractivity contribution in [1.82, 2.24) is 24.6 Å². The highest BCUT2D eigenvalue weighted by Crippen LogP contribution is 2.39. The third-order valence-corrected chi connectivity index (χ3v) is 8.08. The number of para-hydroxylation sites is 1. The number of aromatic amines is 1. The predicted molar refractivity (Wildman–Crippen MR) is 140 cm³/mol. The Morgan fingerprint density at radius 2 is 2.08 bits per heavy atom. The number of rotatable bonds is 2. The second kappa shape index (κ2) is 8.85. The summed E-state index contributed by atoms with van der Waals surface area (Å²) in [4.78, 5) is 25.6. The van der Waals surface area contributed by atoms with E-state index in [4.69, 9.17) is 24.2 Å². The average molecular weight is 502 g/mol. The highest BCUT2D eigenvalue weighted by molar-refractivity contribution is 5.95. The number of fused-ring (bicyclic) bond motifs is 5. The van der Waals surface area contributed by atoms with Crippen LogP contribution < -0.4 is 15.0 Å². The van der Waals surface area contributed by atoms with E-state index in [0.717, 1.165) is 73.3 Å². The summed E-state index contributed by atoms with van der Waals surface area (Å²) in [6.45, 7) is 5.13. The fourth-order valence-corrected chi connectivity index (χ4v) is 6.12. The molecule has 3 unspecified atom stereocenters. The van der Waals surface area contributed by atoms with Crippen molar-refractivity contribution < 1.29 is 14.2 Å². The molecule has 7 rings (SSSR count). The average Bonchev–Trinajstić information content (AvgIpc) is 3.44. The van der Waals surface area contributed by atoms with Crippen molar-refractivity contribution in [3.8, 4) is 22.9 Å². The van der Waals surface area contributed by atoms with Crippen LogP contribution >= 0.6 is 0 Å². The summed E-state index contributed by atoms with van der Waals surface area (Å²) in [5.41, 5.74) is 4.54. The minimum Gasteiger partial charge on any atom is -0.487 e. The molecule has 37 heavy (non-hydrogen) atoms. The number of hydrogen-bond donors (Lipinski definition) is 1. The van der Waals surface area contributed by atoms with Crippen molar-refractivity contribution in [2.24, 2.45) is 0 Å². The molecule has 2 fully saturated rings. The molecule has 2 saturated heterocycles. The lowest BCUT2D eigenvalue weighted by Gasteiger charge is -2.24. The summed E-state index contributed by atoms with van der Waals surface area (Å²) >= 11 is 0. The maximum atomic E-state index is 13.2. The van der Waals surface area contributed by atoms with Crippen LogP contribution in [-0.4, -0.2) is 63.6 Å². The second-order valence-electron chi connectivity index (χ2n) is 10.4. The quantitative estimate of drug-likeness (QED) is 0.443. The molecule has 0 spiro atoms. The molecule has 9 nitrogen and oxygen atoms in total. The molecule has 3 aliphatic rings. The van der Waals surface area contributed by atoms with E-state index in [-0.39, 0.29) is 17.8 Å². The molecule has 3 aliphatic heterocycles. The van der Waals surface area contributed by atoms with Crippen LogP contribution in [0.2, 0.25) is 0 Å². The van der Waals surface area contributed by atoms with Crippen molar-refractivity contribution in [2.75, 3.05) is 26.8 Å². The lowest BCUT2D eigenvalue weighted by molar-refractivity contribution is 0.0148. The molecule has 0 radical (unpaired) electrons. The van der Waals surface area contributed by atoms with E-state index in [1.54, 1.807) is 11.8 Å². The normalized spacial score (nSPS) is 25.5.